The predicted octanol–water partition coefficient (Wildman–Crippen LogP) is 6.97. The predicted molar refractivity (Wildman–Crippen MR) is 115 cm³/mol. The molecule has 0 fully saturated rings. The second-order valence-electron chi connectivity index (χ2n) is 7.06. The van der Waals surface area contributed by atoms with Gasteiger partial charge in [-0.15, -0.1) is 0 Å². The van der Waals surface area contributed by atoms with Crippen LogP contribution in [0.3, 0.4) is 0 Å². The van der Waals surface area contributed by atoms with Gasteiger partial charge in [-0.05, 0) is 27.1 Å². The van der Waals surface area contributed by atoms with Gasteiger partial charge in [0.05, 0.1) is 23.0 Å². The zero-order valence-corrected chi connectivity index (χ0v) is 16.6. The van der Waals surface area contributed by atoms with Crippen molar-refractivity contribution < 1.29 is 9.15 Å². The van der Waals surface area contributed by atoms with Crippen molar-refractivity contribution in [2.75, 3.05) is 0 Å². The SMILES string of the molecule is Brc1oc(-c2ccccc2)c2c1c1cccc3c1n2COCc1ccccc1-3. The van der Waals surface area contributed by atoms with Crippen LogP contribution >= 0.6 is 15.9 Å². The van der Waals surface area contributed by atoms with Crippen LogP contribution in [0.4, 0.5) is 0 Å². The van der Waals surface area contributed by atoms with Crippen molar-refractivity contribution in [3.63, 3.8) is 0 Å². The number of rotatable bonds is 1. The number of hydrogen-bond acceptors (Lipinski definition) is 2. The van der Waals surface area contributed by atoms with Crippen molar-refractivity contribution in [2.24, 2.45) is 0 Å². The van der Waals surface area contributed by atoms with Crippen molar-refractivity contribution >= 4 is 37.7 Å². The highest BCUT2D eigenvalue weighted by Gasteiger charge is 2.25. The van der Waals surface area contributed by atoms with E-state index in [-0.39, 0.29) is 0 Å². The zero-order chi connectivity index (χ0) is 18.7. The molecular formula is C24H16BrNO2. The Morgan fingerprint density at radius 3 is 2.46 bits per heavy atom. The van der Waals surface area contributed by atoms with Gasteiger partial charge in [0, 0.05) is 16.5 Å². The van der Waals surface area contributed by atoms with Crippen molar-refractivity contribution in [1.29, 1.82) is 0 Å². The fourth-order valence-corrected chi connectivity index (χ4v) is 4.89. The molecular weight excluding hydrogens is 414 g/mol. The number of hydrogen-bond donors (Lipinski definition) is 0. The average Bonchev–Trinajstić information content (AvgIpc) is 3.24. The molecule has 28 heavy (non-hydrogen) atoms. The van der Waals surface area contributed by atoms with E-state index >= 15 is 0 Å². The van der Waals surface area contributed by atoms with Crippen LogP contribution in [0.5, 0.6) is 0 Å². The minimum atomic E-state index is 0.483. The Bertz CT molecular complexity index is 1350. The van der Waals surface area contributed by atoms with Gasteiger partial charge in [0.15, 0.2) is 10.4 Å². The van der Waals surface area contributed by atoms with E-state index in [4.69, 9.17) is 9.15 Å². The highest BCUT2D eigenvalue weighted by molar-refractivity contribution is 9.10. The van der Waals surface area contributed by atoms with Crippen molar-refractivity contribution in [3.05, 3.63) is 83.0 Å². The lowest BCUT2D eigenvalue weighted by atomic mass is 9.97. The van der Waals surface area contributed by atoms with Crippen molar-refractivity contribution in [2.45, 2.75) is 13.3 Å². The lowest BCUT2D eigenvalue weighted by Crippen LogP contribution is -2.07. The summed E-state index contributed by atoms with van der Waals surface area (Å²) in [7, 11) is 0. The first-order valence-corrected chi connectivity index (χ1v) is 10.1. The Morgan fingerprint density at radius 1 is 0.786 bits per heavy atom. The second-order valence-corrected chi connectivity index (χ2v) is 7.78. The Kier molecular flexibility index (Phi) is 3.52. The minimum Gasteiger partial charge on any atom is -0.446 e. The molecule has 3 heterocycles. The number of benzene rings is 3. The zero-order valence-electron chi connectivity index (χ0n) is 15.0. The number of nitrogens with zero attached hydrogens (tertiary/aromatic N) is 1. The van der Waals surface area contributed by atoms with Crippen LogP contribution in [-0.4, -0.2) is 4.57 Å². The summed E-state index contributed by atoms with van der Waals surface area (Å²) in [5, 5.41) is 2.27. The maximum atomic E-state index is 6.19. The third kappa shape index (κ3) is 2.19. The van der Waals surface area contributed by atoms with E-state index in [1.165, 1.54) is 27.6 Å². The molecule has 4 heteroatoms. The molecule has 0 amide bonds. The van der Waals surface area contributed by atoms with Crippen molar-refractivity contribution in [3.8, 4) is 22.5 Å². The van der Waals surface area contributed by atoms with Crippen LogP contribution in [0.2, 0.25) is 0 Å². The van der Waals surface area contributed by atoms with Gasteiger partial charge in [-0.1, -0.05) is 72.8 Å². The van der Waals surface area contributed by atoms with Crippen molar-refractivity contribution in [1.82, 2.24) is 4.57 Å². The summed E-state index contributed by atoms with van der Waals surface area (Å²) in [6, 6.07) is 25.2. The number of aromatic nitrogens is 1. The third-order valence-electron chi connectivity index (χ3n) is 5.51. The molecule has 136 valence electrons. The Labute approximate surface area is 170 Å². The van der Waals surface area contributed by atoms with E-state index in [2.05, 4.69) is 75.1 Å². The molecule has 5 aromatic rings. The number of ether oxygens (including phenoxy) is 1. The summed E-state index contributed by atoms with van der Waals surface area (Å²) < 4.78 is 15.3. The quantitative estimate of drug-likeness (QED) is 0.287. The maximum Gasteiger partial charge on any atom is 0.180 e. The lowest BCUT2D eigenvalue weighted by molar-refractivity contribution is 0.0689. The molecule has 0 unspecified atom stereocenters. The summed E-state index contributed by atoms with van der Waals surface area (Å²) in [6.45, 7) is 1.07. The van der Waals surface area contributed by atoms with Gasteiger partial charge in [-0.2, -0.15) is 0 Å². The number of halogens is 1. The molecule has 2 aromatic heterocycles. The van der Waals surface area contributed by atoms with Gasteiger partial charge >= 0.3 is 0 Å². The normalized spacial score (nSPS) is 13.5. The molecule has 0 aliphatic carbocycles. The first kappa shape index (κ1) is 16.2. The van der Waals surface area contributed by atoms with Crippen LogP contribution in [-0.2, 0) is 18.1 Å². The summed E-state index contributed by atoms with van der Waals surface area (Å²) in [5.41, 5.74) is 6.99. The number of furan rings is 1. The smallest absolute Gasteiger partial charge is 0.180 e. The summed E-state index contributed by atoms with van der Waals surface area (Å²) in [5.74, 6) is 0.863. The largest absolute Gasteiger partial charge is 0.446 e. The van der Waals surface area contributed by atoms with Crippen LogP contribution in [0.25, 0.3) is 44.3 Å². The molecule has 0 saturated heterocycles. The number of fused-ring (bicyclic) bond motifs is 5. The van der Waals surface area contributed by atoms with Crippen LogP contribution < -0.4 is 0 Å². The third-order valence-corrected chi connectivity index (χ3v) is 6.07. The molecule has 3 nitrogen and oxygen atoms in total. The lowest BCUT2D eigenvalue weighted by Gasteiger charge is -2.18. The van der Waals surface area contributed by atoms with E-state index in [1.807, 2.05) is 18.2 Å². The highest BCUT2D eigenvalue weighted by Crippen LogP contribution is 2.46. The maximum absolute atomic E-state index is 6.19. The molecule has 0 spiro atoms. The summed E-state index contributed by atoms with van der Waals surface area (Å²) in [6.07, 6.45) is 0. The molecule has 1 aliphatic heterocycles. The van der Waals surface area contributed by atoms with E-state index < -0.39 is 0 Å². The van der Waals surface area contributed by atoms with Crippen LogP contribution in [0.15, 0.2) is 81.9 Å². The van der Waals surface area contributed by atoms with Crippen LogP contribution in [0, 0.1) is 0 Å². The van der Waals surface area contributed by atoms with E-state index in [0.29, 0.717) is 13.3 Å². The van der Waals surface area contributed by atoms with Gasteiger partial charge in [-0.25, -0.2) is 0 Å². The first-order valence-electron chi connectivity index (χ1n) is 9.27. The molecule has 6 rings (SSSR count). The summed E-state index contributed by atoms with van der Waals surface area (Å²) >= 11 is 3.67. The fourth-order valence-electron chi connectivity index (χ4n) is 4.32. The first-order chi connectivity index (χ1) is 13.8. The highest BCUT2D eigenvalue weighted by atomic mass is 79.9. The van der Waals surface area contributed by atoms with Gasteiger partial charge in [-0.3, -0.25) is 0 Å². The Hall–Kier alpha value is -2.82. The molecule has 1 aliphatic rings. The topological polar surface area (TPSA) is 27.3 Å². The van der Waals surface area contributed by atoms with Gasteiger partial charge in [0.1, 0.15) is 6.73 Å². The molecule has 0 saturated carbocycles. The Morgan fingerprint density at radius 2 is 1.57 bits per heavy atom. The van der Waals surface area contributed by atoms with E-state index in [0.717, 1.165) is 26.9 Å². The van der Waals surface area contributed by atoms with Gasteiger partial charge in [0.2, 0.25) is 0 Å². The molecule has 0 N–H and O–H groups in total. The van der Waals surface area contributed by atoms with E-state index in [1.54, 1.807) is 0 Å². The monoisotopic (exact) mass is 429 g/mol. The fraction of sp³-hybridized carbons (Fsp3) is 0.0833. The second kappa shape index (κ2) is 6.09. The average molecular weight is 430 g/mol. The molecule has 0 radical (unpaired) electrons. The molecule has 0 atom stereocenters. The number of para-hydroxylation sites is 1. The van der Waals surface area contributed by atoms with Gasteiger partial charge in [0.25, 0.3) is 0 Å². The Balaban J connectivity index is 1.79. The summed E-state index contributed by atoms with van der Waals surface area (Å²) in [4.78, 5) is 0. The minimum absolute atomic E-state index is 0.483. The van der Waals surface area contributed by atoms with Gasteiger partial charge < -0.3 is 13.7 Å². The standard InChI is InChI=1S/C24H16BrNO2/c25-24-20-19-12-6-11-18-17-10-5-4-9-16(17)13-27-14-26(21(18)19)22(20)23(28-24)15-7-2-1-3-8-15/h1-12H,13-14H2. The van der Waals surface area contributed by atoms with E-state index in [9.17, 15) is 0 Å². The molecule has 0 bridgehead atoms. The van der Waals surface area contributed by atoms with Crippen LogP contribution in [0.1, 0.15) is 5.56 Å². The molecule has 3 aromatic carbocycles.